The Morgan fingerprint density at radius 2 is 2.27 bits per heavy atom. The van der Waals surface area contributed by atoms with E-state index in [2.05, 4.69) is 11.7 Å². The zero-order valence-electron chi connectivity index (χ0n) is 9.49. The molecule has 0 aromatic rings. The van der Waals surface area contributed by atoms with Crippen molar-refractivity contribution in [2.75, 3.05) is 20.2 Å². The Balaban J connectivity index is 2.50. The van der Waals surface area contributed by atoms with Crippen LogP contribution in [0.2, 0.25) is 0 Å². The highest BCUT2D eigenvalue weighted by Crippen LogP contribution is 2.20. The van der Waals surface area contributed by atoms with Gasteiger partial charge in [-0.1, -0.05) is 13.3 Å². The smallest absolute Gasteiger partial charge is 0.325 e. The van der Waals surface area contributed by atoms with Gasteiger partial charge in [0, 0.05) is 13.0 Å². The molecule has 0 bridgehead atoms. The lowest BCUT2D eigenvalue weighted by molar-refractivity contribution is -0.146. The monoisotopic (exact) mass is 213 g/mol. The molecule has 1 amide bonds. The summed E-state index contributed by atoms with van der Waals surface area (Å²) in [7, 11) is 1.35. The molecule has 1 unspecified atom stereocenters. The van der Waals surface area contributed by atoms with Crippen LogP contribution in [0.1, 0.15) is 32.6 Å². The maximum absolute atomic E-state index is 11.6. The first-order chi connectivity index (χ1) is 7.17. The van der Waals surface area contributed by atoms with Crippen molar-refractivity contribution in [1.82, 2.24) is 4.90 Å². The van der Waals surface area contributed by atoms with Crippen molar-refractivity contribution < 1.29 is 14.3 Å². The van der Waals surface area contributed by atoms with Gasteiger partial charge in [0.2, 0.25) is 5.91 Å². The molecule has 0 N–H and O–H groups in total. The van der Waals surface area contributed by atoms with E-state index in [1.807, 2.05) is 0 Å². The van der Waals surface area contributed by atoms with Crippen LogP contribution in [0.4, 0.5) is 0 Å². The fourth-order valence-corrected chi connectivity index (χ4v) is 1.89. The van der Waals surface area contributed by atoms with Gasteiger partial charge in [0.05, 0.1) is 7.11 Å². The minimum absolute atomic E-state index is 0.0800. The second-order valence-corrected chi connectivity index (χ2v) is 3.99. The van der Waals surface area contributed by atoms with Gasteiger partial charge in [-0.15, -0.1) is 0 Å². The number of hydrogen-bond donors (Lipinski definition) is 0. The van der Waals surface area contributed by atoms with Crippen molar-refractivity contribution in [3.05, 3.63) is 0 Å². The van der Waals surface area contributed by atoms with Gasteiger partial charge in [-0.3, -0.25) is 9.59 Å². The van der Waals surface area contributed by atoms with Crippen LogP contribution in [0.15, 0.2) is 0 Å². The third kappa shape index (κ3) is 3.53. The van der Waals surface area contributed by atoms with E-state index >= 15 is 0 Å². The molecule has 1 saturated heterocycles. The first-order valence-corrected chi connectivity index (χ1v) is 5.52. The van der Waals surface area contributed by atoms with Gasteiger partial charge < -0.3 is 9.64 Å². The number of esters is 1. The molecule has 1 aliphatic heterocycles. The van der Waals surface area contributed by atoms with Crippen molar-refractivity contribution in [2.24, 2.45) is 5.92 Å². The Morgan fingerprint density at radius 3 is 2.87 bits per heavy atom. The number of likely N-dealkylation sites (tertiary alicyclic amines) is 1. The Kier molecular flexibility index (Phi) is 4.59. The van der Waals surface area contributed by atoms with Crippen LogP contribution < -0.4 is 0 Å². The predicted octanol–water partition coefficient (Wildman–Crippen LogP) is 1.20. The lowest BCUT2D eigenvalue weighted by Crippen LogP contribution is -2.35. The molecule has 0 spiro atoms. The van der Waals surface area contributed by atoms with E-state index in [-0.39, 0.29) is 18.4 Å². The standard InChI is InChI=1S/C11H19NO3/c1-3-9-4-5-10(13)12(7-6-9)8-11(14)15-2/h9H,3-8H2,1-2H3. The third-order valence-corrected chi connectivity index (χ3v) is 3.05. The van der Waals surface area contributed by atoms with Gasteiger partial charge in [0.15, 0.2) is 0 Å². The fourth-order valence-electron chi connectivity index (χ4n) is 1.89. The number of nitrogens with zero attached hydrogens (tertiary/aromatic N) is 1. The molecule has 0 aliphatic carbocycles. The van der Waals surface area contributed by atoms with Crippen LogP contribution in [0, 0.1) is 5.92 Å². The summed E-state index contributed by atoms with van der Waals surface area (Å²) in [5.74, 6) is 0.367. The minimum Gasteiger partial charge on any atom is -0.468 e. The maximum atomic E-state index is 11.6. The molecular formula is C11H19NO3. The number of hydrogen-bond acceptors (Lipinski definition) is 3. The summed E-state index contributed by atoms with van der Waals surface area (Å²) in [5.41, 5.74) is 0. The molecule has 0 radical (unpaired) electrons. The molecule has 86 valence electrons. The third-order valence-electron chi connectivity index (χ3n) is 3.05. The Labute approximate surface area is 90.6 Å². The van der Waals surface area contributed by atoms with Crippen LogP contribution in [0.5, 0.6) is 0 Å². The van der Waals surface area contributed by atoms with Crippen molar-refractivity contribution in [3.63, 3.8) is 0 Å². The van der Waals surface area contributed by atoms with E-state index in [1.54, 1.807) is 4.90 Å². The van der Waals surface area contributed by atoms with E-state index in [0.717, 1.165) is 19.3 Å². The topological polar surface area (TPSA) is 46.6 Å². The summed E-state index contributed by atoms with van der Waals surface area (Å²) in [4.78, 5) is 24.3. The average molecular weight is 213 g/mol. The number of carbonyl (C=O) groups excluding carboxylic acids is 2. The summed E-state index contributed by atoms with van der Waals surface area (Å²) in [6, 6.07) is 0. The molecule has 1 aliphatic rings. The zero-order chi connectivity index (χ0) is 11.3. The molecule has 1 atom stereocenters. The molecule has 4 heteroatoms. The average Bonchev–Trinajstić information content (AvgIpc) is 2.42. The zero-order valence-corrected chi connectivity index (χ0v) is 9.49. The maximum Gasteiger partial charge on any atom is 0.325 e. The number of rotatable bonds is 3. The van der Waals surface area contributed by atoms with Gasteiger partial charge in [0.25, 0.3) is 0 Å². The highest BCUT2D eigenvalue weighted by molar-refractivity contribution is 5.82. The van der Waals surface area contributed by atoms with E-state index in [4.69, 9.17) is 0 Å². The van der Waals surface area contributed by atoms with Crippen LogP contribution in [-0.4, -0.2) is 37.0 Å². The molecule has 15 heavy (non-hydrogen) atoms. The van der Waals surface area contributed by atoms with E-state index < -0.39 is 0 Å². The second-order valence-electron chi connectivity index (χ2n) is 3.99. The van der Waals surface area contributed by atoms with E-state index in [9.17, 15) is 9.59 Å². The molecule has 1 heterocycles. The molecular weight excluding hydrogens is 194 g/mol. The Morgan fingerprint density at radius 1 is 1.53 bits per heavy atom. The predicted molar refractivity (Wildman–Crippen MR) is 56.2 cm³/mol. The highest BCUT2D eigenvalue weighted by Gasteiger charge is 2.23. The van der Waals surface area contributed by atoms with E-state index in [0.29, 0.717) is 18.9 Å². The molecule has 0 aromatic carbocycles. The minimum atomic E-state index is -0.335. The Hall–Kier alpha value is -1.06. The first kappa shape index (κ1) is 12.0. The quantitative estimate of drug-likeness (QED) is 0.662. The lowest BCUT2D eigenvalue weighted by Gasteiger charge is -2.18. The fraction of sp³-hybridized carbons (Fsp3) is 0.818. The largest absolute Gasteiger partial charge is 0.468 e. The van der Waals surface area contributed by atoms with Gasteiger partial charge in [-0.25, -0.2) is 0 Å². The summed E-state index contributed by atoms with van der Waals surface area (Å²) >= 11 is 0. The van der Waals surface area contributed by atoms with Gasteiger partial charge >= 0.3 is 5.97 Å². The molecule has 0 saturated carbocycles. The molecule has 1 rings (SSSR count). The van der Waals surface area contributed by atoms with Gasteiger partial charge in [-0.05, 0) is 18.8 Å². The summed E-state index contributed by atoms with van der Waals surface area (Å²) in [5, 5.41) is 0. The SMILES string of the molecule is CCC1CCC(=O)N(CC(=O)OC)CC1. The summed E-state index contributed by atoms with van der Waals surface area (Å²) in [6.07, 6.45) is 3.63. The first-order valence-electron chi connectivity index (χ1n) is 5.52. The van der Waals surface area contributed by atoms with Crippen molar-refractivity contribution in [2.45, 2.75) is 32.6 Å². The van der Waals surface area contributed by atoms with Gasteiger partial charge in [0.1, 0.15) is 6.54 Å². The number of amides is 1. The number of carbonyl (C=O) groups is 2. The summed E-state index contributed by atoms with van der Waals surface area (Å²) in [6.45, 7) is 2.93. The Bertz CT molecular complexity index is 240. The summed E-state index contributed by atoms with van der Waals surface area (Å²) < 4.78 is 4.56. The van der Waals surface area contributed by atoms with Crippen LogP contribution in [0.25, 0.3) is 0 Å². The van der Waals surface area contributed by atoms with E-state index in [1.165, 1.54) is 7.11 Å². The van der Waals surface area contributed by atoms with Crippen LogP contribution >= 0.6 is 0 Å². The van der Waals surface area contributed by atoms with Crippen molar-refractivity contribution >= 4 is 11.9 Å². The normalized spacial score (nSPS) is 22.4. The van der Waals surface area contributed by atoms with Crippen LogP contribution in [0.3, 0.4) is 0 Å². The molecule has 1 fully saturated rings. The van der Waals surface area contributed by atoms with Crippen molar-refractivity contribution in [3.8, 4) is 0 Å². The lowest BCUT2D eigenvalue weighted by atomic mass is 9.98. The molecule has 0 aromatic heterocycles. The van der Waals surface area contributed by atoms with Gasteiger partial charge in [-0.2, -0.15) is 0 Å². The number of methoxy groups -OCH3 is 1. The second kappa shape index (κ2) is 5.73. The van der Waals surface area contributed by atoms with Crippen molar-refractivity contribution in [1.29, 1.82) is 0 Å². The molecule has 4 nitrogen and oxygen atoms in total. The number of ether oxygens (including phenoxy) is 1. The highest BCUT2D eigenvalue weighted by atomic mass is 16.5. The van der Waals surface area contributed by atoms with Crippen LogP contribution in [-0.2, 0) is 14.3 Å².